The summed E-state index contributed by atoms with van der Waals surface area (Å²) >= 11 is 0. The fourth-order valence-electron chi connectivity index (χ4n) is 4.48. The van der Waals surface area contributed by atoms with Gasteiger partial charge in [0.1, 0.15) is 17.1 Å². The Morgan fingerprint density at radius 3 is 2.90 bits per heavy atom. The molecule has 1 fully saturated rings. The molecule has 1 saturated heterocycles. The van der Waals surface area contributed by atoms with E-state index >= 15 is 0 Å². The number of hydrogen-bond acceptors (Lipinski definition) is 5. The maximum absolute atomic E-state index is 13.0. The van der Waals surface area contributed by atoms with Gasteiger partial charge in [-0.05, 0) is 37.3 Å². The largest absolute Gasteiger partial charge is 0.389 e. The molecule has 1 amide bonds. The Morgan fingerprint density at radius 1 is 1.42 bits per heavy atom. The predicted molar refractivity (Wildman–Crippen MR) is 123 cm³/mol. The number of aromatic amines is 1. The van der Waals surface area contributed by atoms with Gasteiger partial charge in [-0.25, -0.2) is 0 Å². The summed E-state index contributed by atoms with van der Waals surface area (Å²) in [6.07, 6.45) is 2.37. The maximum atomic E-state index is 13.0. The first-order chi connectivity index (χ1) is 14.9. The predicted octanol–water partition coefficient (Wildman–Crippen LogP) is 3.09. The van der Waals surface area contributed by atoms with Crippen molar-refractivity contribution in [2.75, 3.05) is 13.1 Å². The topological polar surface area (TPSA) is 105 Å². The Balaban J connectivity index is 1.49. The number of aromatic nitrogens is 1. The van der Waals surface area contributed by atoms with E-state index in [1.54, 1.807) is 0 Å². The molecule has 2 aliphatic heterocycles. The van der Waals surface area contributed by atoms with Gasteiger partial charge in [0.05, 0.1) is 18.7 Å². The van der Waals surface area contributed by atoms with E-state index in [-0.39, 0.29) is 17.9 Å². The van der Waals surface area contributed by atoms with Crippen molar-refractivity contribution < 1.29 is 4.79 Å². The van der Waals surface area contributed by atoms with E-state index in [1.807, 2.05) is 30.3 Å². The number of benzene rings is 1. The molecule has 1 aromatic carbocycles. The molecule has 2 aliphatic rings. The molecule has 0 unspecified atom stereocenters. The monoisotopic (exact) mass is 418 g/mol. The second-order valence-electron chi connectivity index (χ2n) is 9.09. The average molecular weight is 419 g/mol. The minimum Gasteiger partial charge on any atom is -0.389 e. The summed E-state index contributed by atoms with van der Waals surface area (Å²) in [7, 11) is 0. The quantitative estimate of drug-likeness (QED) is 0.554. The molecule has 31 heavy (non-hydrogen) atoms. The standard InChI is InChI=1S/C24H30N6O/c1-15(2)10-20(29-23(31)21-11-17-6-4-5-7-19(17)28-21)22-27-14-24(13-25,30-22)12-18-8-9-26-16(18)3/h4-7,11,15,18,20,26,28H,3,8-10,12,14H2,1-2H3,(H,27,30)(H,29,31)/t18-,20-,24+/m0/s1. The highest BCUT2D eigenvalue weighted by Crippen LogP contribution is 2.30. The highest BCUT2D eigenvalue weighted by molar-refractivity contribution is 6.01. The van der Waals surface area contributed by atoms with Crippen molar-refractivity contribution in [1.82, 2.24) is 20.9 Å². The minimum atomic E-state index is -0.754. The molecule has 0 bridgehead atoms. The van der Waals surface area contributed by atoms with Crippen LogP contribution in [0, 0.1) is 23.2 Å². The fraction of sp³-hybridized carbons (Fsp3) is 0.458. The van der Waals surface area contributed by atoms with Gasteiger partial charge in [-0.3, -0.25) is 9.79 Å². The van der Waals surface area contributed by atoms with Crippen LogP contribution < -0.4 is 16.0 Å². The number of fused-ring (bicyclic) bond motifs is 1. The molecule has 3 atom stereocenters. The average Bonchev–Trinajstić information content (AvgIpc) is 3.46. The fourth-order valence-corrected chi connectivity index (χ4v) is 4.48. The van der Waals surface area contributed by atoms with Gasteiger partial charge in [0, 0.05) is 29.1 Å². The van der Waals surface area contributed by atoms with Crippen molar-refractivity contribution in [2.45, 2.75) is 44.7 Å². The highest BCUT2D eigenvalue weighted by Gasteiger charge is 2.41. The van der Waals surface area contributed by atoms with E-state index in [4.69, 9.17) is 0 Å². The first-order valence-electron chi connectivity index (χ1n) is 10.9. The van der Waals surface area contributed by atoms with Gasteiger partial charge in [-0.15, -0.1) is 0 Å². The number of H-pyrrole nitrogens is 1. The van der Waals surface area contributed by atoms with Gasteiger partial charge in [0.2, 0.25) is 0 Å². The van der Waals surface area contributed by atoms with E-state index in [9.17, 15) is 10.1 Å². The number of allylic oxidation sites excluding steroid dienone is 1. The van der Waals surface area contributed by atoms with Crippen LogP contribution in [0.5, 0.6) is 0 Å². The number of rotatable bonds is 7. The lowest BCUT2D eigenvalue weighted by Gasteiger charge is -2.28. The summed E-state index contributed by atoms with van der Waals surface area (Å²) < 4.78 is 0. The second kappa shape index (κ2) is 8.46. The summed E-state index contributed by atoms with van der Waals surface area (Å²) in [5.74, 6) is 1.13. The summed E-state index contributed by atoms with van der Waals surface area (Å²) in [6.45, 7) is 9.60. The minimum absolute atomic E-state index is 0.172. The van der Waals surface area contributed by atoms with Gasteiger partial charge >= 0.3 is 0 Å². The highest BCUT2D eigenvalue weighted by atomic mass is 16.2. The van der Waals surface area contributed by atoms with Crippen LogP contribution in [0.3, 0.4) is 0 Å². The van der Waals surface area contributed by atoms with Gasteiger partial charge < -0.3 is 20.9 Å². The summed E-state index contributed by atoms with van der Waals surface area (Å²) in [5.41, 5.74) is 1.69. The Labute approximate surface area is 183 Å². The van der Waals surface area contributed by atoms with Crippen LogP contribution in [0.2, 0.25) is 0 Å². The van der Waals surface area contributed by atoms with Gasteiger partial charge in [0.25, 0.3) is 5.91 Å². The van der Waals surface area contributed by atoms with E-state index < -0.39 is 5.54 Å². The third-order valence-electron chi connectivity index (χ3n) is 6.15. The van der Waals surface area contributed by atoms with Crippen molar-refractivity contribution in [2.24, 2.45) is 16.8 Å². The Bertz CT molecular complexity index is 1030. The van der Waals surface area contributed by atoms with Crippen molar-refractivity contribution in [3.05, 3.63) is 48.3 Å². The number of hydrogen-bond donors (Lipinski definition) is 4. The number of nitrogens with zero attached hydrogens (tertiary/aromatic N) is 2. The number of carbonyl (C=O) groups excluding carboxylic acids is 1. The molecule has 7 nitrogen and oxygen atoms in total. The lowest BCUT2D eigenvalue weighted by atomic mass is 9.87. The van der Waals surface area contributed by atoms with Crippen LogP contribution in [0.4, 0.5) is 0 Å². The molecule has 3 heterocycles. The zero-order valence-corrected chi connectivity index (χ0v) is 18.2. The molecule has 2 aromatic rings. The molecular formula is C24H30N6O. The molecule has 0 radical (unpaired) electrons. The van der Waals surface area contributed by atoms with Gasteiger partial charge in [-0.2, -0.15) is 5.26 Å². The number of para-hydroxylation sites is 1. The SMILES string of the molecule is C=C1NCC[C@H]1C[C@@]1(C#N)CN=C([C@H](CC(C)C)NC(=O)c2cc3ccccc3[nH]2)N1. The van der Waals surface area contributed by atoms with Crippen LogP contribution in [0.25, 0.3) is 10.9 Å². The van der Waals surface area contributed by atoms with Crippen molar-refractivity contribution in [3.63, 3.8) is 0 Å². The lowest BCUT2D eigenvalue weighted by molar-refractivity contribution is 0.0939. The molecule has 0 spiro atoms. The van der Waals surface area contributed by atoms with Crippen LogP contribution in [0.15, 0.2) is 47.6 Å². The number of amides is 1. The summed E-state index contributed by atoms with van der Waals surface area (Å²) in [6, 6.07) is 11.9. The molecule has 0 aliphatic carbocycles. The van der Waals surface area contributed by atoms with Crippen molar-refractivity contribution in [1.29, 1.82) is 5.26 Å². The van der Waals surface area contributed by atoms with E-state index in [0.717, 1.165) is 36.0 Å². The number of carbonyl (C=O) groups is 1. The van der Waals surface area contributed by atoms with E-state index in [0.29, 0.717) is 30.4 Å². The summed E-state index contributed by atoms with van der Waals surface area (Å²) in [5, 5.41) is 20.7. The van der Waals surface area contributed by atoms with Crippen LogP contribution >= 0.6 is 0 Å². The first-order valence-corrected chi connectivity index (χ1v) is 10.9. The zero-order chi connectivity index (χ0) is 22.0. The molecule has 162 valence electrons. The number of aliphatic imine (C=N–C) groups is 1. The first kappa shape index (κ1) is 21.0. The summed E-state index contributed by atoms with van der Waals surface area (Å²) in [4.78, 5) is 20.9. The third-order valence-corrected chi connectivity index (χ3v) is 6.15. The van der Waals surface area contributed by atoms with E-state index in [1.165, 1.54) is 0 Å². The van der Waals surface area contributed by atoms with Gasteiger partial charge in [-0.1, -0.05) is 38.6 Å². The lowest BCUT2D eigenvalue weighted by Crippen LogP contribution is -2.53. The molecule has 4 rings (SSSR count). The maximum Gasteiger partial charge on any atom is 0.268 e. The Morgan fingerprint density at radius 2 is 2.23 bits per heavy atom. The Hall–Kier alpha value is -3.27. The molecule has 0 saturated carbocycles. The smallest absolute Gasteiger partial charge is 0.268 e. The second-order valence-corrected chi connectivity index (χ2v) is 9.09. The third kappa shape index (κ3) is 4.43. The normalized spacial score (nSPS) is 23.9. The van der Waals surface area contributed by atoms with E-state index in [2.05, 4.69) is 52.4 Å². The molecule has 7 heteroatoms. The van der Waals surface area contributed by atoms with Crippen LogP contribution in [-0.2, 0) is 0 Å². The molecule has 4 N–H and O–H groups in total. The number of amidine groups is 1. The van der Waals surface area contributed by atoms with Crippen LogP contribution in [-0.4, -0.2) is 41.4 Å². The number of nitriles is 1. The molecular weight excluding hydrogens is 388 g/mol. The van der Waals surface area contributed by atoms with Crippen molar-refractivity contribution >= 4 is 22.6 Å². The number of nitrogens with one attached hydrogen (secondary N) is 4. The molecule has 1 aromatic heterocycles. The Kier molecular flexibility index (Phi) is 5.73. The van der Waals surface area contributed by atoms with Crippen molar-refractivity contribution in [3.8, 4) is 6.07 Å². The van der Waals surface area contributed by atoms with Crippen LogP contribution in [0.1, 0.15) is 43.6 Å². The zero-order valence-electron chi connectivity index (χ0n) is 18.2. The van der Waals surface area contributed by atoms with Gasteiger partial charge in [0.15, 0.2) is 0 Å².